The van der Waals surface area contributed by atoms with E-state index >= 15 is 0 Å². The van der Waals surface area contributed by atoms with Crippen LogP contribution in [0.3, 0.4) is 0 Å². The molecule has 2 heteroatoms. The lowest BCUT2D eigenvalue weighted by molar-refractivity contribution is -0.128. The van der Waals surface area contributed by atoms with Gasteiger partial charge in [-0.05, 0) is 26.2 Å². The predicted molar refractivity (Wildman–Crippen MR) is 57.0 cm³/mol. The molecule has 0 aromatic carbocycles. The first-order valence-corrected chi connectivity index (χ1v) is 5.54. The van der Waals surface area contributed by atoms with Crippen LogP contribution in [-0.4, -0.2) is 16.5 Å². The second-order valence-corrected chi connectivity index (χ2v) is 5.49. The molecule has 14 heavy (non-hydrogen) atoms. The molecular weight excluding hydrogens is 176 g/mol. The van der Waals surface area contributed by atoms with Crippen LogP contribution in [0.4, 0.5) is 0 Å². The first-order chi connectivity index (χ1) is 6.28. The van der Waals surface area contributed by atoms with Crippen molar-refractivity contribution in [2.24, 2.45) is 11.3 Å². The zero-order valence-corrected chi connectivity index (χ0v) is 9.76. The van der Waals surface area contributed by atoms with Gasteiger partial charge in [-0.15, -0.1) is 0 Å². The molecule has 0 spiro atoms. The molecule has 0 radical (unpaired) electrons. The maximum Gasteiger partial charge on any atom is 0.136 e. The van der Waals surface area contributed by atoms with E-state index in [-0.39, 0.29) is 17.1 Å². The van der Waals surface area contributed by atoms with Crippen molar-refractivity contribution in [1.82, 2.24) is 0 Å². The second kappa shape index (κ2) is 3.65. The van der Waals surface area contributed by atoms with E-state index in [2.05, 4.69) is 0 Å². The van der Waals surface area contributed by atoms with E-state index in [1.165, 1.54) is 0 Å². The molecule has 82 valence electrons. The molecule has 1 aliphatic carbocycles. The highest BCUT2D eigenvalue weighted by molar-refractivity contribution is 5.81. The summed E-state index contributed by atoms with van der Waals surface area (Å²) in [6.07, 6.45) is 3.36. The SMILES string of the molecule is CC(C)C(=O)CC1(C)CCCC1(C)O. The summed E-state index contributed by atoms with van der Waals surface area (Å²) in [6.45, 7) is 7.76. The second-order valence-electron chi connectivity index (χ2n) is 5.49. The monoisotopic (exact) mass is 198 g/mol. The highest BCUT2D eigenvalue weighted by atomic mass is 16.3. The molecule has 0 aromatic rings. The minimum atomic E-state index is -0.655. The van der Waals surface area contributed by atoms with E-state index < -0.39 is 5.60 Å². The van der Waals surface area contributed by atoms with Gasteiger partial charge in [-0.25, -0.2) is 0 Å². The molecule has 1 aliphatic rings. The Morgan fingerprint density at radius 2 is 1.93 bits per heavy atom. The number of rotatable bonds is 3. The van der Waals surface area contributed by atoms with Gasteiger partial charge in [0.1, 0.15) is 5.78 Å². The number of hydrogen-bond acceptors (Lipinski definition) is 2. The zero-order chi connectivity index (χ0) is 11.0. The van der Waals surface area contributed by atoms with Crippen molar-refractivity contribution in [3.05, 3.63) is 0 Å². The summed E-state index contributed by atoms with van der Waals surface area (Å²) in [5, 5.41) is 10.2. The molecule has 1 rings (SSSR count). The van der Waals surface area contributed by atoms with Crippen molar-refractivity contribution in [3.63, 3.8) is 0 Å². The number of aliphatic hydroxyl groups is 1. The molecule has 1 saturated carbocycles. The smallest absolute Gasteiger partial charge is 0.136 e. The van der Waals surface area contributed by atoms with E-state index in [0.717, 1.165) is 19.3 Å². The minimum absolute atomic E-state index is 0.0863. The van der Waals surface area contributed by atoms with Crippen molar-refractivity contribution in [1.29, 1.82) is 0 Å². The average Bonchev–Trinajstić information content (AvgIpc) is 2.26. The Bertz CT molecular complexity index is 230. The number of carbonyl (C=O) groups is 1. The average molecular weight is 198 g/mol. The Hall–Kier alpha value is -0.370. The summed E-state index contributed by atoms with van der Waals surface area (Å²) >= 11 is 0. The molecule has 0 aliphatic heterocycles. The normalized spacial score (nSPS) is 37.9. The highest BCUT2D eigenvalue weighted by Crippen LogP contribution is 2.48. The lowest BCUT2D eigenvalue weighted by atomic mass is 9.72. The predicted octanol–water partition coefficient (Wildman–Crippen LogP) is 2.54. The third-order valence-corrected chi connectivity index (χ3v) is 3.90. The minimum Gasteiger partial charge on any atom is -0.390 e. The molecule has 0 saturated heterocycles. The summed E-state index contributed by atoms with van der Waals surface area (Å²) in [5.74, 6) is 0.359. The van der Waals surface area contributed by atoms with Gasteiger partial charge in [-0.3, -0.25) is 4.79 Å². The third kappa shape index (κ3) is 2.00. The lowest BCUT2D eigenvalue weighted by Crippen LogP contribution is -2.40. The Labute approximate surface area is 86.7 Å². The molecular formula is C12H22O2. The van der Waals surface area contributed by atoms with Crippen LogP contribution in [0, 0.1) is 11.3 Å². The van der Waals surface area contributed by atoms with E-state index in [9.17, 15) is 9.90 Å². The summed E-state index contributed by atoms with van der Waals surface area (Å²) in [6, 6.07) is 0. The quantitative estimate of drug-likeness (QED) is 0.756. The van der Waals surface area contributed by atoms with Gasteiger partial charge in [0, 0.05) is 17.8 Å². The van der Waals surface area contributed by atoms with E-state index in [0.29, 0.717) is 6.42 Å². The van der Waals surface area contributed by atoms with E-state index in [1.54, 1.807) is 0 Å². The Kier molecular flexibility index (Phi) is 3.05. The van der Waals surface area contributed by atoms with Crippen LogP contribution in [0.2, 0.25) is 0 Å². The van der Waals surface area contributed by atoms with Gasteiger partial charge >= 0.3 is 0 Å². The fourth-order valence-electron chi connectivity index (χ4n) is 2.26. The molecule has 0 amide bonds. The fourth-order valence-corrected chi connectivity index (χ4v) is 2.26. The van der Waals surface area contributed by atoms with Gasteiger partial charge in [-0.2, -0.15) is 0 Å². The van der Waals surface area contributed by atoms with E-state index in [1.807, 2.05) is 27.7 Å². The molecule has 0 aromatic heterocycles. The van der Waals surface area contributed by atoms with Crippen LogP contribution in [0.15, 0.2) is 0 Å². The van der Waals surface area contributed by atoms with Gasteiger partial charge in [-0.1, -0.05) is 20.8 Å². The van der Waals surface area contributed by atoms with Gasteiger partial charge in [0.2, 0.25) is 0 Å². The summed E-state index contributed by atoms with van der Waals surface area (Å²) in [5.41, 5.74) is -0.855. The zero-order valence-electron chi connectivity index (χ0n) is 9.76. The maximum atomic E-state index is 11.7. The largest absolute Gasteiger partial charge is 0.390 e. The Morgan fingerprint density at radius 3 is 2.29 bits per heavy atom. The van der Waals surface area contributed by atoms with Crippen LogP contribution < -0.4 is 0 Å². The number of Topliss-reactive ketones (excluding diaryl/α,β-unsaturated/α-hetero) is 1. The summed E-state index contributed by atoms with van der Waals surface area (Å²) in [7, 11) is 0. The Morgan fingerprint density at radius 1 is 1.36 bits per heavy atom. The molecule has 0 heterocycles. The fraction of sp³-hybridized carbons (Fsp3) is 0.917. The molecule has 1 fully saturated rings. The van der Waals surface area contributed by atoms with Crippen LogP contribution in [0.1, 0.15) is 53.4 Å². The molecule has 2 unspecified atom stereocenters. The Balaban J connectivity index is 2.71. The van der Waals surface area contributed by atoms with Crippen LogP contribution >= 0.6 is 0 Å². The first-order valence-electron chi connectivity index (χ1n) is 5.54. The van der Waals surface area contributed by atoms with Gasteiger partial charge in [0.15, 0.2) is 0 Å². The van der Waals surface area contributed by atoms with Crippen LogP contribution in [0.5, 0.6) is 0 Å². The van der Waals surface area contributed by atoms with Gasteiger partial charge in [0.05, 0.1) is 5.60 Å². The topological polar surface area (TPSA) is 37.3 Å². The van der Waals surface area contributed by atoms with Crippen molar-refractivity contribution in [2.75, 3.05) is 0 Å². The maximum absolute atomic E-state index is 11.7. The number of ketones is 1. The van der Waals surface area contributed by atoms with Crippen molar-refractivity contribution in [2.45, 2.75) is 59.0 Å². The standard InChI is InChI=1S/C12H22O2/c1-9(2)10(13)8-11(3)6-5-7-12(11,4)14/h9,14H,5-8H2,1-4H3. The van der Waals surface area contributed by atoms with Gasteiger partial charge in [0.25, 0.3) is 0 Å². The van der Waals surface area contributed by atoms with Crippen molar-refractivity contribution >= 4 is 5.78 Å². The highest BCUT2D eigenvalue weighted by Gasteiger charge is 2.48. The molecule has 1 N–H and O–H groups in total. The van der Waals surface area contributed by atoms with Crippen LogP contribution in [-0.2, 0) is 4.79 Å². The third-order valence-electron chi connectivity index (χ3n) is 3.90. The molecule has 0 bridgehead atoms. The summed E-state index contributed by atoms with van der Waals surface area (Å²) < 4.78 is 0. The van der Waals surface area contributed by atoms with Gasteiger partial charge < -0.3 is 5.11 Å². The lowest BCUT2D eigenvalue weighted by Gasteiger charge is -2.36. The summed E-state index contributed by atoms with van der Waals surface area (Å²) in [4.78, 5) is 11.7. The van der Waals surface area contributed by atoms with Crippen molar-refractivity contribution < 1.29 is 9.90 Å². The number of carbonyl (C=O) groups excluding carboxylic acids is 1. The van der Waals surface area contributed by atoms with Crippen molar-refractivity contribution in [3.8, 4) is 0 Å². The molecule has 2 atom stereocenters. The number of hydrogen-bond donors (Lipinski definition) is 1. The molecule has 2 nitrogen and oxygen atoms in total. The van der Waals surface area contributed by atoms with E-state index in [4.69, 9.17) is 0 Å². The van der Waals surface area contributed by atoms with Crippen LogP contribution in [0.25, 0.3) is 0 Å². The first kappa shape index (κ1) is 11.7.